The largest absolute Gasteiger partial charge is 0.496 e. The van der Waals surface area contributed by atoms with Crippen LogP contribution in [-0.4, -0.2) is 17.3 Å². The summed E-state index contributed by atoms with van der Waals surface area (Å²) < 4.78 is 5.81. The van der Waals surface area contributed by atoms with Crippen molar-refractivity contribution in [3.8, 4) is 16.9 Å². The number of halogens is 1. The highest BCUT2D eigenvalue weighted by molar-refractivity contribution is 7.71. The van der Waals surface area contributed by atoms with Crippen molar-refractivity contribution in [2.75, 3.05) is 7.11 Å². The molecule has 0 aliphatic heterocycles. The van der Waals surface area contributed by atoms with E-state index < -0.39 is 0 Å². The maximum absolute atomic E-state index is 5.83. The zero-order valence-corrected chi connectivity index (χ0v) is 10.1. The summed E-state index contributed by atoms with van der Waals surface area (Å²) >= 11 is 11.0. The van der Waals surface area contributed by atoms with Crippen LogP contribution in [0.2, 0.25) is 5.15 Å². The minimum absolute atomic E-state index is 0.370. The van der Waals surface area contributed by atoms with Gasteiger partial charge in [0.05, 0.1) is 7.11 Å². The molecule has 1 heterocycles. The predicted molar refractivity (Wildman–Crippen MR) is 66.4 cm³/mol. The Morgan fingerprint density at radius 2 is 2.06 bits per heavy atom. The number of rotatable bonds is 2. The van der Waals surface area contributed by atoms with Gasteiger partial charge in [-0.25, -0.2) is 0 Å². The van der Waals surface area contributed by atoms with Crippen LogP contribution in [0.3, 0.4) is 0 Å². The number of nitrogens with one attached hydrogen (secondary N) is 1. The molecule has 3 nitrogen and oxygen atoms in total. The van der Waals surface area contributed by atoms with Crippen LogP contribution in [0.1, 0.15) is 0 Å². The van der Waals surface area contributed by atoms with Crippen molar-refractivity contribution in [1.29, 1.82) is 0 Å². The average molecular weight is 253 g/mol. The standard InChI is InChI=1S/C11H9ClN2OS/c1-15-9-5-3-2-4-7(9)8-6-10(12)13-14-11(8)16/h2-6H,1H3,(H,14,16). The monoisotopic (exact) mass is 252 g/mol. The summed E-state index contributed by atoms with van der Waals surface area (Å²) in [6.07, 6.45) is 0. The van der Waals surface area contributed by atoms with Crippen LogP contribution in [0.4, 0.5) is 0 Å². The van der Waals surface area contributed by atoms with Gasteiger partial charge in [-0.3, -0.25) is 5.10 Å². The molecule has 5 heteroatoms. The number of nitrogens with zero attached hydrogens (tertiary/aromatic N) is 1. The van der Waals surface area contributed by atoms with Crippen molar-refractivity contribution in [1.82, 2.24) is 10.2 Å². The normalized spacial score (nSPS) is 10.1. The first-order valence-electron chi connectivity index (χ1n) is 4.61. The van der Waals surface area contributed by atoms with Crippen molar-refractivity contribution in [3.05, 3.63) is 40.1 Å². The van der Waals surface area contributed by atoms with Crippen LogP contribution in [-0.2, 0) is 0 Å². The van der Waals surface area contributed by atoms with Gasteiger partial charge in [-0.05, 0) is 12.1 Å². The fourth-order valence-corrected chi connectivity index (χ4v) is 1.81. The molecule has 2 rings (SSSR count). The van der Waals surface area contributed by atoms with Crippen LogP contribution in [0.25, 0.3) is 11.1 Å². The van der Waals surface area contributed by atoms with E-state index in [0.717, 1.165) is 16.9 Å². The van der Waals surface area contributed by atoms with Crippen molar-refractivity contribution >= 4 is 23.8 Å². The third-order valence-corrected chi connectivity index (χ3v) is 2.67. The smallest absolute Gasteiger partial charge is 0.150 e. The van der Waals surface area contributed by atoms with E-state index in [4.69, 9.17) is 28.6 Å². The van der Waals surface area contributed by atoms with Crippen LogP contribution in [0.15, 0.2) is 30.3 Å². The number of hydrogen-bond acceptors (Lipinski definition) is 3. The first-order valence-corrected chi connectivity index (χ1v) is 5.39. The fourth-order valence-electron chi connectivity index (χ4n) is 1.45. The van der Waals surface area contributed by atoms with Crippen molar-refractivity contribution < 1.29 is 4.74 Å². The van der Waals surface area contributed by atoms with Crippen molar-refractivity contribution in [3.63, 3.8) is 0 Å². The first-order chi connectivity index (χ1) is 7.72. The molecule has 0 unspecified atom stereocenters. The van der Waals surface area contributed by atoms with E-state index in [2.05, 4.69) is 10.2 Å². The maximum Gasteiger partial charge on any atom is 0.150 e. The molecule has 1 aromatic carbocycles. The highest BCUT2D eigenvalue weighted by Crippen LogP contribution is 2.30. The van der Waals surface area contributed by atoms with Gasteiger partial charge in [-0.15, -0.1) is 0 Å². The number of ether oxygens (including phenoxy) is 1. The molecule has 1 aromatic heterocycles. The van der Waals surface area contributed by atoms with Gasteiger partial charge in [-0.2, -0.15) is 5.10 Å². The van der Waals surface area contributed by atoms with Crippen molar-refractivity contribution in [2.24, 2.45) is 0 Å². The highest BCUT2D eigenvalue weighted by atomic mass is 35.5. The van der Waals surface area contributed by atoms with E-state index in [1.165, 1.54) is 0 Å². The Kier molecular flexibility index (Phi) is 3.22. The highest BCUT2D eigenvalue weighted by Gasteiger charge is 2.07. The minimum Gasteiger partial charge on any atom is -0.496 e. The topological polar surface area (TPSA) is 37.9 Å². The van der Waals surface area contributed by atoms with Crippen LogP contribution >= 0.6 is 23.8 Å². The summed E-state index contributed by atoms with van der Waals surface area (Å²) in [6.45, 7) is 0. The summed E-state index contributed by atoms with van der Waals surface area (Å²) in [7, 11) is 1.62. The summed E-state index contributed by atoms with van der Waals surface area (Å²) in [5, 5.41) is 6.88. The second-order valence-electron chi connectivity index (χ2n) is 3.13. The Hall–Kier alpha value is -1.39. The Bertz CT molecular complexity index is 568. The number of para-hydroxylation sites is 1. The molecule has 82 valence electrons. The summed E-state index contributed by atoms with van der Waals surface area (Å²) in [5.74, 6) is 0.754. The zero-order chi connectivity index (χ0) is 11.5. The molecule has 0 saturated heterocycles. The molecule has 0 spiro atoms. The molecule has 0 radical (unpaired) electrons. The SMILES string of the molecule is COc1ccccc1-c1cc(Cl)n[nH]c1=S. The van der Waals surface area contributed by atoms with Crippen molar-refractivity contribution in [2.45, 2.75) is 0 Å². The molecule has 2 aromatic rings. The number of H-pyrrole nitrogens is 1. The Balaban J connectivity index is 2.67. The molecular weight excluding hydrogens is 244 g/mol. The van der Waals surface area contributed by atoms with E-state index in [0.29, 0.717) is 9.79 Å². The van der Waals surface area contributed by atoms with Gasteiger partial charge in [0.1, 0.15) is 15.5 Å². The van der Waals surface area contributed by atoms with Crippen LogP contribution < -0.4 is 4.74 Å². The molecule has 0 saturated carbocycles. The molecule has 0 aliphatic carbocycles. The molecule has 0 aliphatic rings. The van der Waals surface area contributed by atoms with Gasteiger partial charge >= 0.3 is 0 Å². The van der Waals surface area contributed by atoms with Gasteiger partial charge in [0.2, 0.25) is 0 Å². The lowest BCUT2D eigenvalue weighted by molar-refractivity contribution is 0.416. The second kappa shape index (κ2) is 4.63. The van der Waals surface area contributed by atoms with E-state index in [1.807, 2.05) is 24.3 Å². The Morgan fingerprint density at radius 3 is 2.81 bits per heavy atom. The van der Waals surface area contributed by atoms with Gasteiger partial charge in [0.25, 0.3) is 0 Å². The molecule has 1 N–H and O–H groups in total. The molecule has 0 fully saturated rings. The second-order valence-corrected chi connectivity index (χ2v) is 3.93. The third-order valence-electron chi connectivity index (χ3n) is 2.17. The van der Waals surface area contributed by atoms with E-state index in [-0.39, 0.29) is 0 Å². The van der Waals surface area contributed by atoms with Gasteiger partial charge < -0.3 is 4.74 Å². The zero-order valence-electron chi connectivity index (χ0n) is 8.53. The van der Waals surface area contributed by atoms with Gasteiger partial charge in [-0.1, -0.05) is 42.0 Å². The van der Waals surface area contributed by atoms with E-state index in [1.54, 1.807) is 13.2 Å². The van der Waals surface area contributed by atoms with Crippen LogP contribution in [0, 0.1) is 4.64 Å². The molecule has 0 atom stereocenters. The Labute approximate surface area is 103 Å². The molecule has 0 bridgehead atoms. The predicted octanol–water partition coefficient (Wildman–Crippen LogP) is 3.47. The molecule has 16 heavy (non-hydrogen) atoms. The first kappa shape index (κ1) is 11.1. The summed E-state index contributed by atoms with van der Waals surface area (Å²) in [6, 6.07) is 9.34. The number of hydrogen-bond donors (Lipinski definition) is 1. The molecule has 0 amide bonds. The van der Waals surface area contributed by atoms with E-state index >= 15 is 0 Å². The number of benzene rings is 1. The minimum atomic E-state index is 0.370. The lowest BCUT2D eigenvalue weighted by atomic mass is 10.1. The van der Waals surface area contributed by atoms with Crippen LogP contribution in [0.5, 0.6) is 5.75 Å². The van der Waals surface area contributed by atoms with Gasteiger partial charge in [0, 0.05) is 11.1 Å². The average Bonchev–Trinajstić information content (AvgIpc) is 2.32. The number of aromatic nitrogens is 2. The molecular formula is C11H9ClN2OS. The quantitative estimate of drug-likeness (QED) is 0.832. The lowest BCUT2D eigenvalue weighted by Gasteiger charge is -2.08. The number of methoxy groups -OCH3 is 1. The maximum atomic E-state index is 5.83. The lowest BCUT2D eigenvalue weighted by Crippen LogP contribution is -1.91. The summed E-state index contributed by atoms with van der Waals surface area (Å²) in [4.78, 5) is 0. The summed E-state index contributed by atoms with van der Waals surface area (Å²) in [5.41, 5.74) is 1.71. The Morgan fingerprint density at radius 1 is 1.31 bits per heavy atom. The fraction of sp³-hybridized carbons (Fsp3) is 0.0909. The van der Waals surface area contributed by atoms with Gasteiger partial charge in [0.15, 0.2) is 0 Å². The number of aromatic amines is 1. The third kappa shape index (κ3) is 2.08. The van der Waals surface area contributed by atoms with E-state index in [9.17, 15) is 0 Å².